The van der Waals surface area contributed by atoms with E-state index in [4.69, 9.17) is 9.15 Å². The van der Waals surface area contributed by atoms with Crippen molar-refractivity contribution in [3.8, 4) is 11.5 Å². The number of hydrogen-bond acceptors (Lipinski definition) is 6. The van der Waals surface area contributed by atoms with Gasteiger partial charge in [-0.25, -0.2) is 10.2 Å². The third-order valence-corrected chi connectivity index (χ3v) is 3.47. The van der Waals surface area contributed by atoms with E-state index in [9.17, 15) is 14.7 Å². The molecular weight excluding hydrogens is 324 g/mol. The molecular formula is C18H14N2O5. The fourth-order valence-corrected chi connectivity index (χ4v) is 2.22. The summed E-state index contributed by atoms with van der Waals surface area (Å²) in [4.78, 5) is 24.0. The van der Waals surface area contributed by atoms with Crippen molar-refractivity contribution in [3.05, 3.63) is 70.1 Å². The minimum absolute atomic E-state index is 0.00235. The summed E-state index contributed by atoms with van der Waals surface area (Å²) in [6, 6.07) is 12.9. The highest BCUT2D eigenvalue weighted by molar-refractivity contribution is 5.97. The number of rotatable bonds is 4. The molecule has 25 heavy (non-hydrogen) atoms. The van der Waals surface area contributed by atoms with Gasteiger partial charge in [-0.3, -0.25) is 4.79 Å². The molecule has 1 aromatic heterocycles. The highest BCUT2D eigenvalue weighted by atomic mass is 16.5. The topological polar surface area (TPSA) is 101 Å². The minimum atomic E-state index is -0.738. The Labute approximate surface area is 142 Å². The molecule has 0 fully saturated rings. The number of nitrogens with zero attached hydrogens (tertiary/aromatic N) is 1. The summed E-state index contributed by atoms with van der Waals surface area (Å²) < 4.78 is 10.1. The van der Waals surface area contributed by atoms with Crippen molar-refractivity contribution in [2.75, 3.05) is 7.11 Å². The molecule has 7 nitrogen and oxygen atoms in total. The van der Waals surface area contributed by atoms with Crippen molar-refractivity contribution in [1.82, 2.24) is 5.43 Å². The molecule has 0 aliphatic carbocycles. The molecule has 0 bridgehead atoms. The molecule has 1 heterocycles. The van der Waals surface area contributed by atoms with Gasteiger partial charge in [-0.1, -0.05) is 18.2 Å². The van der Waals surface area contributed by atoms with Gasteiger partial charge < -0.3 is 14.3 Å². The summed E-state index contributed by atoms with van der Waals surface area (Å²) in [5.74, 6) is -0.399. The number of nitrogens with one attached hydrogen (secondary N) is 1. The van der Waals surface area contributed by atoms with Gasteiger partial charge in [-0.05, 0) is 35.9 Å². The van der Waals surface area contributed by atoms with Crippen molar-refractivity contribution >= 4 is 23.1 Å². The average molecular weight is 338 g/mol. The molecule has 0 unspecified atom stereocenters. The lowest BCUT2D eigenvalue weighted by Crippen LogP contribution is -2.24. The van der Waals surface area contributed by atoms with E-state index in [1.807, 2.05) is 0 Å². The summed E-state index contributed by atoms with van der Waals surface area (Å²) in [6.07, 6.45) is 1.36. The van der Waals surface area contributed by atoms with Crippen LogP contribution in [-0.2, 0) is 0 Å². The first kappa shape index (κ1) is 16.3. The molecule has 2 N–H and O–H groups in total. The molecule has 0 radical (unpaired) electrons. The SMILES string of the molecule is COc1cc(C=NNC(=O)c2cc3ccccc3oc2=O)ccc1O. The van der Waals surface area contributed by atoms with Gasteiger partial charge in [0.25, 0.3) is 5.91 Å². The zero-order chi connectivity index (χ0) is 17.8. The van der Waals surface area contributed by atoms with E-state index < -0.39 is 11.5 Å². The zero-order valence-electron chi connectivity index (χ0n) is 13.2. The summed E-state index contributed by atoms with van der Waals surface area (Å²) in [7, 11) is 1.43. The van der Waals surface area contributed by atoms with Crippen LogP contribution in [0.1, 0.15) is 15.9 Å². The number of benzene rings is 2. The lowest BCUT2D eigenvalue weighted by Gasteiger charge is -2.03. The van der Waals surface area contributed by atoms with Gasteiger partial charge in [0.05, 0.1) is 13.3 Å². The van der Waals surface area contributed by atoms with Crippen LogP contribution in [0.25, 0.3) is 11.0 Å². The standard InChI is InChI=1S/C18H14N2O5/c1-24-16-8-11(6-7-14(16)21)10-19-20-17(22)13-9-12-4-2-3-5-15(12)25-18(13)23/h2-10,21H,1H3,(H,20,22). The molecule has 0 saturated heterocycles. The van der Waals surface area contributed by atoms with Crippen LogP contribution in [0.2, 0.25) is 0 Å². The maximum atomic E-state index is 12.1. The first-order valence-corrected chi connectivity index (χ1v) is 7.32. The number of methoxy groups -OCH3 is 1. The van der Waals surface area contributed by atoms with Gasteiger partial charge in [-0.15, -0.1) is 0 Å². The Morgan fingerprint density at radius 3 is 2.84 bits per heavy atom. The first-order valence-electron chi connectivity index (χ1n) is 7.32. The summed E-state index contributed by atoms with van der Waals surface area (Å²) in [5, 5.41) is 14.0. The van der Waals surface area contributed by atoms with E-state index in [-0.39, 0.29) is 17.1 Å². The smallest absolute Gasteiger partial charge is 0.349 e. The summed E-state index contributed by atoms with van der Waals surface area (Å²) >= 11 is 0. The molecule has 0 saturated carbocycles. The number of hydrogen-bond donors (Lipinski definition) is 2. The maximum Gasteiger partial charge on any atom is 0.349 e. The Kier molecular flexibility index (Phi) is 4.47. The third kappa shape index (κ3) is 3.50. The van der Waals surface area contributed by atoms with Crippen molar-refractivity contribution in [2.24, 2.45) is 5.10 Å². The number of phenols is 1. The average Bonchev–Trinajstić information content (AvgIpc) is 2.62. The summed E-state index contributed by atoms with van der Waals surface area (Å²) in [5.41, 5.74) is 2.40. The van der Waals surface area contributed by atoms with Crippen molar-refractivity contribution in [1.29, 1.82) is 0 Å². The van der Waals surface area contributed by atoms with E-state index in [0.717, 1.165) is 0 Å². The van der Waals surface area contributed by atoms with Crippen molar-refractivity contribution < 1.29 is 19.1 Å². The van der Waals surface area contributed by atoms with Crippen LogP contribution in [-0.4, -0.2) is 24.3 Å². The second-order valence-electron chi connectivity index (χ2n) is 5.12. The second kappa shape index (κ2) is 6.88. The molecule has 0 spiro atoms. The normalized spacial score (nSPS) is 10.9. The van der Waals surface area contributed by atoms with Crippen molar-refractivity contribution in [3.63, 3.8) is 0 Å². The van der Waals surface area contributed by atoms with Gasteiger partial charge in [-0.2, -0.15) is 5.10 Å². The number of carbonyl (C=O) groups excluding carboxylic acids is 1. The van der Waals surface area contributed by atoms with Crippen molar-refractivity contribution in [2.45, 2.75) is 0 Å². The maximum absolute atomic E-state index is 12.1. The molecule has 0 aliphatic heterocycles. The zero-order valence-corrected chi connectivity index (χ0v) is 13.2. The van der Waals surface area contributed by atoms with Crippen LogP contribution in [0.4, 0.5) is 0 Å². The van der Waals surface area contributed by atoms with Crippen LogP contribution in [0.3, 0.4) is 0 Å². The number of fused-ring (bicyclic) bond motifs is 1. The third-order valence-electron chi connectivity index (χ3n) is 3.47. The largest absolute Gasteiger partial charge is 0.504 e. The number of phenolic OH excluding ortho intramolecular Hbond substituents is 1. The fourth-order valence-electron chi connectivity index (χ4n) is 2.22. The van der Waals surface area contributed by atoms with Gasteiger partial charge in [0.15, 0.2) is 11.5 Å². The Hall–Kier alpha value is -3.61. The van der Waals surface area contributed by atoms with E-state index in [2.05, 4.69) is 10.5 Å². The number of carbonyl (C=O) groups is 1. The van der Waals surface area contributed by atoms with Gasteiger partial charge in [0.2, 0.25) is 0 Å². The Morgan fingerprint density at radius 1 is 1.24 bits per heavy atom. The van der Waals surface area contributed by atoms with Crippen LogP contribution >= 0.6 is 0 Å². The monoisotopic (exact) mass is 338 g/mol. The summed E-state index contributed by atoms with van der Waals surface area (Å²) in [6.45, 7) is 0. The van der Waals surface area contributed by atoms with Crippen LogP contribution in [0.15, 0.2) is 62.8 Å². The van der Waals surface area contributed by atoms with Crippen LogP contribution < -0.4 is 15.8 Å². The Bertz CT molecular complexity index is 1020. The van der Waals surface area contributed by atoms with E-state index in [1.165, 1.54) is 25.5 Å². The molecule has 7 heteroatoms. The predicted molar refractivity (Wildman–Crippen MR) is 92.2 cm³/mol. The van der Waals surface area contributed by atoms with Crippen LogP contribution in [0, 0.1) is 0 Å². The quantitative estimate of drug-likeness (QED) is 0.432. The lowest BCUT2D eigenvalue weighted by atomic mass is 10.2. The van der Waals surface area contributed by atoms with Gasteiger partial charge >= 0.3 is 5.63 Å². The van der Waals surface area contributed by atoms with Gasteiger partial charge in [0.1, 0.15) is 11.1 Å². The molecule has 0 aliphatic rings. The number of amides is 1. The highest BCUT2D eigenvalue weighted by Gasteiger charge is 2.12. The lowest BCUT2D eigenvalue weighted by molar-refractivity contribution is 0.0951. The predicted octanol–water partition coefficient (Wildman–Crippen LogP) is 2.27. The minimum Gasteiger partial charge on any atom is -0.504 e. The Balaban J connectivity index is 1.78. The molecule has 3 aromatic rings. The molecule has 2 aromatic carbocycles. The number of ether oxygens (including phenoxy) is 1. The van der Waals surface area contributed by atoms with E-state index in [1.54, 1.807) is 36.4 Å². The Morgan fingerprint density at radius 2 is 2.04 bits per heavy atom. The first-order chi connectivity index (χ1) is 12.1. The number of para-hydroxylation sites is 1. The fraction of sp³-hybridized carbons (Fsp3) is 0.0556. The van der Waals surface area contributed by atoms with E-state index in [0.29, 0.717) is 16.5 Å². The molecule has 1 amide bonds. The molecule has 0 atom stereocenters. The molecule has 3 rings (SSSR count). The van der Waals surface area contributed by atoms with E-state index >= 15 is 0 Å². The highest BCUT2D eigenvalue weighted by Crippen LogP contribution is 2.25. The number of hydrazone groups is 1. The second-order valence-corrected chi connectivity index (χ2v) is 5.12. The molecule has 126 valence electrons. The van der Waals surface area contributed by atoms with Gasteiger partial charge in [0, 0.05) is 5.39 Å². The van der Waals surface area contributed by atoms with Crippen LogP contribution in [0.5, 0.6) is 11.5 Å². The number of aromatic hydroxyl groups is 1.